The van der Waals surface area contributed by atoms with Crippen molar-refractivity contribution in [3.8, 4) is 0 Å². The third-order valence-electron chi connectivity index (χ3n) is 2.46. The Kier molecular flexibility index (Phi) is 16.5. The summed E-state index contributed by atoms with van der Waals surface area (Å²) >= 11 is 0. The third kappa shape index (κ3) is 19.9. The van der Waals surface area contributed by atoms with Crippen LogP contribution >= 0.6 is 0 Å². The molecule has 0 rings (SSSR count). The van der Waals surface area contributed by atoms with Gasteiger partial charge < -0.3 is 15.3 Å². The summed E-state index contributed by atoms with van der Waals surface area (Å²) < 4.78 is 203. The van der Waals surface area contributed by atoms with Crippen molar-refractivity contribution in [2.75, 3.05) is 0 Å². The van der Waals surface area contributed by atoms with Gasteiger partial charge in [-0.3, -0.25) is 14.4 Å². The average molecular weight is 677 g/mol. The maximum atomic E-state index is 11.3. The van der Waals surface area contributed by atoms with Crippen LogP contribution in [0.5, 0.6) is 0 Å². The van der Waals surface area contributed by atoms with Gasteiger partial charge >= 0.3 is 54.1 Å². The SMILES string of the molecule is O=C(/C=C(/[O-])C(F)(F)F)C(F)(F)F.O=C(/C=C(/[O-])C(F)(F)F)C(F)(F)F.O=C(/C=C(\[O-])C(F)(F)F)C(F)(F)F.[Fe+3]. The molecule has 0 amide bonds. The van der Waals surface area contributed by atoms with E-state index in [1.54, 1.807) is 0 Å². The number of ketones is 3. The summed E-state index contributed by atoms with van der Waals surface area (Å²) in [5.74, 6) is -16.9. The molecular weight excluding hydrogens is 674 g/mol. The molecule has 0 spiro atoms. The van der Waals surface area contributed by atoms with Crippen LogP contribution in [-0.4, -0.2) is 54.4 Å². The summed E-state index contributed by atoms with van der Waals surface area (Å²) in [6, 6.07) is 0. The molecule has 0 saturated heterocycles. The molecule has 0 aromatic rings. The minimum atomic E-state index is -5.46. The first-order valence-electron chi connectivity index (χ1n) is 7.86. The van der Waals surface area contributed by atoms with Crippen LogP contribution in [0.2, 0.25) is 0 Å². The van der Waals surface area contributed by atoms with Crippen molar-refractivity contribution in [1.29, 1.82) is 0 Å². The van der Waals surface area contributed by atoms with Crippen molar-refractivity contribution in [1.82, 2.24) is 0 Å². The van der Waals surface area contributed by atoms with E-state index in [9.17, 15) is 109 Å². The van der Waals surface area contributed by atoms with Crippen LogP contribution in [0.25, 0.3) is 0 Å². The Balaban J connectivity index is -0.000000240. The second-order valence-corrected chi connectivity index (χ2v) is 5.61. The minimum Gasteiger partial charge on any atom is -0.869 e. The number of hydrogen-bond acceptors (Lipinski definition) is 6. The van der Waals surface area contributed by atoms with Crippen molar-refractivity contribution in [3.05, 3.63) is 35.5 Å². The Labute approximate surface area is 216 Å². The van der Waals surface area contributed by atoms with Gasteiger partial charge in [0.15, 0.2) is 0 Å². The zero-order chi connectivity index (χ0) is 32.6. The van der Waals surface area contributed by atoms with E-state index in [1.165, 1.54) is 0 Å². The molecule has 0 bridgehead atoms. The monoisotopic (exact) mass is 677 g/mol. The van der Waals surface area contributed by atoms with Gasteiger partial charge in [0.25, 0.3) is 17.3 Å². The second-order valence-electron chi connectivity index (χ2n) is 5.61. The van der Waals surface area contributed by atoms with Crippen LogP contribution in [0.3, 0.4) is 0 Å². The molecule has 0 saturated carbocycles. The quantitative estimate of drug-likeness (QED) is 0.196. The first-order chi connectivity index (χ1) is 16.6. The number of hydrogen-bond donors (Lipinski definition) is 0. The van der Waals surface area contributed by atoms with Gasteiger partial charge in [-0.15, -0.1) is 0 Å². The molecule has 6 nitrogen and oxygen atoms in total. The minimum absolute atomic E-state index is 0. The molecule has 0 aliphatic rings. The van der Waals surface area contributed by atoms with Gasteiger partial charge in [0.1, 0.15) is 0 Å². The molecule has 0 aromatic heterocycles. The van der Waals surface area contributed by atoms with Crippen LogP contribution in [0, 0.1) is 0 Å². The molecule has 0 fully saturated rings. The molecule has 0 aliphatic heterocycles. The molecule has 0 atom stereocenters. The maximum absolute atomic E-state index is 11.3. The molecule has 0 heterocycles. The number of allylic oxidation sites excluding steroid dienone is 6. The number of carbonyl (C=O) groups excluding carboxylic acids is 3. The number of alkyl halides is 18. The van der Waals surface area contributed by atoms with Crippen LogP contribution in [-0.2, 0) is 31.5 Å². The molecule has 233 valence electrons. The number of halogens is 18. The zero-order valence-electron chi connectivity index (χ0n) is 17.3. The summed E-state index contributed by atoms with van der Waals surface area (Å²) in [6.07, 6.45) is -35.8. The standard InChI is InChI=1S/3C5H2F6O2.Fe/c3*6-4(7,8)2(12)1-3(13)5(9,10)11;/h3*1,12H;/q;;;+3/p-3/b2*2-1+;2-1-;. The van der Waals surface area contributed by atoms with E-state index in [2.05, 4.69) is 0 Å². The van der Waals surface area contributed by atoms with E-state index in [0.717, 1.165) is 0 Å². The van der Waals surface area contributed by atoms with Gasteiger partial charge in [-0.1, -0.05) is 0 Å². The average Bonchev–Trinajstić information content (AvgIpc) is 2.64. The smallest absolute Gasteiger partial charge is 0.869 e. The molecule has 1 radical (unpaired) electrons. The van der Waals surface area contributed by atoms with E-state index in [4.69, 9.17) is 0 Å². The Morgan fingerprint density at radius 3 is 0.550 bits per heavy atom. The summed E-state index contributed by atoms with van der Waals surface area (Å²) in [5, 5.41) is 29.5. The normalized spacial score (nSPS) is 14.1. The fourth-order valence-electron chi connectivity index (χ4n) is 0.848. The van der Waals surface area contributed by atoms with E-state index >= 15 is 0 Å². The Morgan fingerprint density at radius 2 is 0.475 bits per heavy atom. The predicted molar refractivity (Wildman–Crippen MR) is 75.6 cm³/mol. The van der Waals surface area contributed by atoms with Gasteiger partial charge in [-0.05, 0) is 35.5 Å². The first-order valence-corrected chi connectivity index (χ1v) is 7.86. The van der Waals surface area contributed by atoms with Crippen molar-refractivity contribution in [3.63, 3.8) is 0 Å². The topological polar surface area (TPSA) is 120 Å². The van der Waals surface area contributed by atoms with Crippen molar-refractivity contribution >= 4 is 17.3 Å². The van der Waals surface area contributed by atoms with Crippen LogP contribution in [0.15, 0.2) is 35.5 Å². The fourth-order valence-corrected chi connectivity index (χ4v) is 0.848. The molecular formula is C15H3F18FeO6. The predicted octanol–water partition coefficient (Wildman–Crippen LogP) is 2.77. The van der Waals surface area contributed by atoms with Gasteiger partial charge in [-0.25, -0.2) is 0 Å². The van der Waals surface area contributed by atoms with Crippen molar-refractivity contribution in [2.24, 2.45) is 0 Å². The number of rotatable bonds is 3. The van der Waals surface area contributed by atoms with Crippen LogP contribution < -0.4 is 15.3 Å². The second kappa shape index (κ2) is 15.0. The molecule has 40 heavy (non-hydrogen) atoms. The Hall–Kier alpha value is -3.11. The van der Waals surface area contributed by atoms with E-state index in [1.807, 2.05) is 0 Å². The van der Waals surface area contributed by atoms with Gasteiger partial charge in [0, 0.05) is 0 Å². The van der Waals surface area contributed by atoms with E-state index < -0.39 is 89.9 Å². The Morgan fingerprint density at radius 1 is 0.350 bits per heavy atom. The number of carbonyl (C=O) groups is 3. The first kappa shape index (κ1) is 43.9. The van der Waals surface area contributed by atoms with Gasteiger partial charge in [0.05, 0.1) is 0 Å². The third-order valence-corrected chi connectivity index (χ3v) is 2.46. The molecule has 25 heteroatoms. The maximum Gasteiger partial charge on any atom is 3.00 e. The largest absolute Gasteiger partial charge is 3.00 e. The summed E-state index contributed by atoms with van der Waals surface area (Å²) in [6.45, 7) is 0. The van der Waals surface area contributed by atoms with Gasteiger partial charge in [0.2, 0.25) is 0 Å². The summed E-state index contributed by atoms with van der Waals surface area (Å²) in [7, 11) is 0. The van der Waals surface area contributed by atoms with E-state index in [-0.39, 0.29) is 17.1 Å². The molecule has 0 aliphatic carbocycles. The van der Waals surface area contributed by atoms with Crippen LogP contribution in [0.4, 0.5) is 79.0 Å². The molecule has 0 N–H and O–H groups in total. The van der Waals surface area contributed by atoms with Crippen molar-refractivity contribution < 1.29 is 126 Å². The fraction of sp³-hybridized carbons (Fsp3) is 0.400. The molecule has 0 aromatic carbocycles. The van der Waals surface area contributed by atoms with Gasteiger partial charge in [-0.2, -0.15) is 79.0 Å². The Bertz CT molecular complexity index is 834. The zero-order valence-corrected chi connectivity index (χ0v) is 18.4. The van der Waals surface area contributed by atoms with Crippen molar-refractivity contribution in [2.45, 2.75) is 37.1 Å². The summed E-state index contributed by atoms with van der Waals surface area (Å²) in [5.41, 5.74) is 0. The van der Waals surface area contributed by atoms with E-state index in [0.29, 0.717) is 0 Å². The van der Waals surface area contributed by atoms with Crippen LogP contribution in [0.1, 0.15) is 0 Å². The molecule has 0 unspecified atom stereocenters. The summed E-state index contributed by atoms with van der Waals surface area (Å²) in [4.78, 5) is 29.5.